The second kappa shape index (κ2) is 6.77. The van der Waals surface area contributed by atoms with Crippen LogP contribution in [0.15, 0.2) is 46.7 Å². The number of anilines is 1. The number of nitrogens with one attached hydrogen (secondary N) is 2. The quantitative estimate of drug-likeness (QED) is 0.825. The van der Waals surface area contributed by atoms with Crippen LogP contribution >= 0.6 is 11.8 Å². The smallest absolute Gasteiger partial charge is 0.228 e. The van der Waals surface area contributed by atoms with Crippen molar-refractivity contribution < 1.29 is 4.79 Å². The van der Waals surface area contributed by atoms with E-state index in [0.717, 1.165) is 53.7 Å². The van der Waals surface area contributed by atoms with Gasteiger partial charge in [0, 0.05) is 28.9 Å². The third kappa shape index (κ3) is 3.55. The van der Waals surface area contributed by atoms with Gasteiger partial charge in [-0.1, -0.05) is 0 Å². The summed E-state index contributed by atoms with van der Waals surface area (Å²) in [6.07, 6.45) is 6.76. The summed E-state index contributed by atoms with van der Waals surface area (Å²) in [5, 5.41) is 7.24. The molecule has 6 heteroatoms. The highest BCUT2D eigenvalue weighted by Crippen LogP contribution is 2.58. The molecule has 2 heterocycles. The molecule has 2 aromatic rings. The van der Waals surface area contributed by atoms with Gasteiger partial charge in [0.25, 0.3) is 0 Å². The molecule has 1 unspecified atom stereocenters. The standard InChI is InChI=1S/C19H22N4OS/c1-13-11-14(25-18-21-7-2-8-22-18)3-4-16(13)23-17(24)15-12-19(15)5-9-20-10-6-19/h2-4,7-8,11,15,20H,5-6,9-10,12H2,1H3,(H,23,24). The first-order valence-electron chi connectivity index (χ1n) is 8.73. The summed E-state index contributed by atoms with van der Waals surface area (Å²) < 4.78 is 0. The Morgan fingerprint density at radius 3 is 2.76 bits per heavy atom. The van der Waals surface area contributed by atoms with Gasteiger partial charge in [0.2, 0.25) is 5.91 Å². The Balaban J connectivity index is 1.40. The average molecular weight is 354 g/mol. The third-order valence-electron chi connectivity index (χ3n) is 5.31. The van der Waals surface area contributed by atoms with Crippen molar-refractivity contribution in [2.24, 2.45) is 11.3 Å². The molecule has 0 bridgehead atoms. The van der Waals surface area contributed by atoms with Gasteiger partial charge in [-0.2, -0.15) is 0 Å². The van der Waals surface area contributed by atoms with E-state index in [9.17, 15) is 4.79 Å². The zero-order valence-corrected chi connectivity index (χ0v) is 15.1. The Labute approximate surface area is 152 Å². The number of hydrogen-bond acceptors (Lipinski definition) is 5. The topological polar surface area (TPSA) is 66.9 Å². The monoisotopic (exact) mass is 354 g/mol. The van der Waals surface area contributed by atoms with Crippen LogP contribution < -0.4 is 10.6 Å². The van der Waals surface area contributed by atoms with E-state index in [1.165, 1.54) is 11.8 Å². The summed E-state index contributed by atoms with van der Waals surface area (Å²) in [5.41, 5.74) is 2.23. The second-order valence-electron chi connectivity index (χ2n) is 6.97. The van der Waals surface area contributed by atoms with Gasteiger partial charge in [0.05, 0.1) is 0 Å². The van der Waals surface area contributed by atoms with Crippen LogP contribution in [0, 0.1) is 18.3 Å². The minimum Gasteiger partial charge on any atom is -0.326 e. The Bertz CT molecular complexity index is 774. The van der Waals surface area contributed by atoms with E-state index in [1.807, 2.05) is 19.1 Å². The molecule has 1 spiro atoms. The fourth-order valence-electron chi connectivity index (χ4n) is 3.70. The van der Waals surface area contributed by atoms with Crippen LogP contribution in [0.3, 0.4) is 0 Å². The van der Waals surface area contributed by atoms with Crippen LogP contribution in [0.5, 0.6) is 0 Å². The first-order chi connectivity index (χ1) is 12.2. The molecule has 1 saturated carbocycles. The SMILES string of the molecule is Cc1cc(Sc2ncccn2)ccc1NC(=O)C1CC12CCNCC2. The highest BCUT2D eigenvalue weighted by molar-refractivity contribution is 7.99. The van der Waals surface area contributed by atoms with Crippen molar-refractivity contribution in [1.29, 1.82) is 0 Å². The van der Waals surface area contributed by atoms with Crippen molar-refractivity contribution in [3.05, 3.63) is 42.2 Å². The Kier molecular flexibility index (Phi) is 4.48. The van der Waals surface area contributed by atoms with Crippen LogP contribution in [0.1, 0.15) is 24.8 Å². The highest BCUT2D eigenvalue weighted by Gasteiger charge is 2.57. The number of amides is 1. The largest absolute Gasteiger partial charge is 0.326 e. The summed E-state index contributed by atoms with van der Waals surface area (Å²) >= 11 is 1.52. The molecule has 0 radical (unpaired) electrons. The highest BCUT2D eigenvalue weighted by atomic mass is 32.2. The third-order valence-corrected chi connectivity index (χ3v) is 6.20. The summed E-state index contributed by atoms with van der Waals surface area (Å²) in [5.74, 6) is 0.359. The maximum atomic E-state index is 12.6. The van der Waals surface area contributed by atoms with E-state index < -0.39 is 0 Å². The van der Waals surface area contributed by atoms with E-state index in [1.54, 1.807) is 18.5 Å². The molecular formula is C19H22N4OS. The Morgan fingerprint density at radius 2 is 2.04 bits per heavy atom. The molecule has 1 aliphatic carbocycles. The average Bonchev–Trinajstić information content (AvgIpc) is 3.32. The molecule has 2 fully saturated rings. The first kappa shape index (κ1) is 16.5. The molecule has 130 valence electrons. The number of aryl methyl sites for hydroxylation is 1. The van der Waals surface area contributed by atoms with E-state index in [4.69, 9.17) is 0 Å². The number of aromatic nitrogens is 2. The Morgan fingerprint density at radius 1 is 1.28 bits per heavy atom. The minimum absolute atomic E-state index is 0.178. The van der Waals surface area contributed by atoms with Crippen LogP contribution in [0.4, 0.5) is 5.69 Å². The van der Waals surface area contributed by atoms with Gasteiger partial charge in [0.1, 0.15) is 0 Å². The summed E-state index contributed by atoms with van der Waals surface area (Å²) in [6.45, 7) is 4.10. The maximum Gasteiger partial charge on any atom is 0.228 e. The predicted octanol–water partition coefficient (Wildman–Crippen LogP) is 3.26. The Hall–Kier alpha value is -1.92. The van der Waals surface area contributed by atoms with Crippen molar-refractivity contribution in [3.8, 4) is 0 Å². The van der Waals surface area contributed by atoms with Crippen LogP contribution in [-0.4, -0.2) is 29.0 Å². The van der Waals surface area contributed by atoms with Crippen molar-refractivity contribution in [3.63, 3.8) is 0 Å². The van der Waals surface area contributed by atoms with Crippen molar-refractivity contribution in [2.75, 3.05) is 18.4 Å². The summed E-state index contributed by atoms with van der Waals surface area (Å²) in [6, 6.07) is 7.87. The zero-order chi connectivity index (χ0) is 17.3. The van der Waals surface area contributed by atoms with Crippen molar-refractivity contribution in [2.45, 2.75) is 36.2 Å². The molecule has 5 nitrogen and oxygen atoms in total. The van der Waals surface area contributed by atoms with Gasteiger partial charge < -0.3 is 10.6 Å². The van der Waals surface area contributed by atoms with Gasteiger partial charge in [-0.15, -0.1) is 0 Å². The number of nitrogens with zero attached hydrogens (tertiary/aromatic N) is 2. The minimum atomic E-state index is 0.178. The molecular weight excluding hydrogens is 332 g/mol. The predicted molar refractivity (Wildman–Crippen MR) is 98.6 cm³/mol. The number of carbonyl (C=O) groups excluding carboxylic acids is 1. The molecule has 25 heavy (non-hydrogen) atoms. The first-order valence-corrected chi connectivity index (χ1v) is 9.55. The van der Waals surface area contributed by atoms with Crippen LogP contribution in [0.2, 0.25) is 0 Å². The van der Waals surface area contributed by atoms with Gasteiger partial charge in [-0.05, 0) is 86.3 Å². The van der Waals surface area contributed by atoms with E-state index in [-0.39, 0.29) is 17.2 Å². The van der Waals surface area contributed by atoms with Gasteiger partial charge in [-0.25, -0.2) is 9.97 Å². The van der Waals surface area contributed by atoms with Crippen LogP contribution in [0.25, 0.3) is 0 Å². The maximum absolute atomic E-state index is 12.6. The van der Waals surface area contributed by atoms with E-state index in [2.05, 4.69) is 26.7 Å². The molecule has 1 aromatic heterocycles. The van der Waals surface area contributed by atoms with Gasteiger partial charge >= 0.3 is 0 Å². The van der Waals surface area contributed by atoms with Crippen molar-refractivity contribution >= 4 is 23.4 Å². The molecule has 1 atom stereocenters. The zero-order valence-electron chi connectivity index (χ0n) is 14.3. The lowest BCUT2D eigenvalue weighted by Crippen LogP contribution is -2.31. The van der Waals surface area contributed by atoms with Crippen LogP contribution in [-0.2, 0) is 4.79 Å². The second-order valence-corrected chi connectivity index (χ2v) is 8.01. The molecule has 2 aliphatic rings. The lowest BCUT2D eigenvalue weighted by atomic mass is 9.91. The molecule has 1 aromatic carbocycles. The molecule has 1 amide bonds. The van der Waals surface area contributed by atoms with Gasteiger partial charge in [0.15, 0.2) is 5.16 Å². The van der Waals surface area contributed by atoms with E-state index in [0.29, 0.717) is 0 Å². The molecule has 1 aliphatic heterocycles. The number of piperidine rings is 1. The number of benzene rings is 1. The molecule has 1 saturated heterocycles. The summed E-state index contributed by atoms with van der Waals surface area (Å²) in [4.78, 5) is 22.2. The normalized spacial score (nSPS) is 21.1. The van der Waals surface area contributed by atoms with Crippen molar-refractivity contribution in [1.82, 2.24) is 15.3 Å². The van der Waals surface area contributed by atoms with E-state index >= 15 is 0 Å². The number of carbonyl (C=O) groups is 1. The number of hydrogen-bond donors (Lipinski definition) is 2. The summed E-state index contributed by atoms with van der Waals surface area (Å²) in [7, 11) is 0. The van der Waals surface area contributed by atoms with Gasteiger partial charge in [-0.3, -0.25) is 4.79 Å². The fourth-order valence-corrected chi connectivity index (χ4v) is 4.51. The fraction of sp³-hybridized carbons (Fsp3) is 0.421. The number of rotatable bonds is 4. The lowest BCUT2D eigenvalue weighted by molar-refractivity contribution is -0.118. The molecule has 4 rings (SSSR count). The lowest BCUT2D eigenvalue weighted by Gasteiger charge is -2.23. The molecule has 2 N–H and O–H groups in total.